The van der Waals surface area contributed by atoms with Crippen LogP contribution in [0.15, 0.2) is 30.3 Å². The van der Waals surface area contributed by atoms with Gasteiger partial charge in [-0.25, -0.2) is 4.79 Å². The Balaban J connectivity index is 1.71. The Morgan fingerprint density at radius 3 is 1.39 bits per heavy atom. The van der Waals surface area contributed by atoms with Crippen LogP contribution in [0.4, 0.5) is 0 Å². The zero-order valence-electron chi connectivity index (χ0n) is 19.4. The van der Waals surface area contributed by atoms with Gasteiger partial charge in [0.05, 0.1) is 98.4 Å². The number of hydrogen-bond acceptors (Lipinski definition) is 10. The monoisotopic (exact) mass is 472 g/mol. The standard InChI is InChI=1S/C23H36O10/c1-26-22(24)7-8-27-9-10-28-11-12-29-13-14-30-15-16-31-17-18-32-19-20-33-23(25)21-5-3-2-4-6-21/h2-6H,7-20H2,1H3. The lowest BCUT2D eigenvalue weighted by molar-refractivity contribution is -0.141. The highest BCUT2D eigenvalue weighted by atomic mass is 16.6. The predicted molar refractivity (Wildman–Crippen MR) is 118 cm³/mol. The van der Waals surface area contributed by atoms with E-state index >= 15 is 0 Å². The molecule has 10 heteroatoms. The minimum Gasteiger partial charge on any atom is -0.469 e. The molecule has 1 aromatic carbocycles. The molecule has 0 radical (unpaired) electrons. The van der Waals surface area contributed by atoms with Gasteiger partial charge in [0.25, 0.3) is 0 Å². The summed E-state index contributed by atoms with van der Waals surface area (Å²) in [5.41, 5.74) is 0.523. The van der Waals surface area contributed by atoms with Crippen LogP contribution in [0.1, 0.15) is 16.8 Å². The van der Waals surface area contributed by atoms with Gasteiger partial charge in [0.1, 0.15) is 6.61 Å². The van der Waals surface area contributed by atoms with Crippen molar-refractivity contribution < 1.29 is 47.5 Å². The molecular formula is C23H36O10. The molecule has 0 bridgehead atoms. The maximum absolute atomic E-state index is 11.7. The molecule has 0 saturated carbocycles. The molecule has 0 N–H and O–H groups in total. The van der Waals surface area contributed by atoms with Gasteiger partial charge in [-0.1, -0.05) is 18.2 Å². The van der Waals surface area contributed by atoms with Gasteiger partial charge < -0.3 is 37.9 Å². The summed E-state index contributed by atoms with van der Waals surface area (Å²) in [5.74, 6) is -0.647. The molecule has 0 unspecified atom stereocenters. The second kappa shape index (κ2) is 21.7. The maximum atomic E-state index is 11.7. The Labute approximate surface area is 195 Å². The number of hydrogen-bond donors (Lipinski definition) is 0. The van der Waals surface area contributed by atoms with Gasteiger partial charge in [0.2, 0.25) is 0 Å². The molecule has 188 valence electrons. The van der Waals surface area contributed by atoms with Crippen molar-refractivity contribution in [3.8, 4) is 0 Å². The molecule has 0 aliphatic heterocycles. The first kappa shape index (κ1) is 29.0. The van der Waals surface area contributed by atoms with E-state index in [-0.39, 0.29) is 25.0 Å². The van der Waals surface area contributed by atoms with E-state index < -0.39 is 0 Å². The molecule has 1 aromatic rings. The van der Waals surface area contributed by atoms with Gasteiger partial charge in [0, 0.05) is 0 Å². The minimum absolute atomic E-state index is 0.201. The fourth-order valence-electron chi connectivity index (χ4n) is 2.31. The number of esters is 2. The summed E-state index contributed by atoms with van der Waals surface area (Å²) in [6.45, 7) is 5.40. The van der Waals surface area contributed by atoms with Crippen LogP contribution < -0.4 is 0 Å². The second-order valence-electron chi connectivity index (χ2n) is 6.50. The average molecular weight is 473 g/mol. The first-order valence-electron chi connectivity index (χ1n) is 11.0. The number of rotatable bonds is 22. The Kier molecular flexibility index (Phi) is 19.1. The fraction of sp³-hybridized carbons (Fsp3) is 0.652. The summed E-state index contributed by atoms with van der Waals surface area (Å²) in [6, 6.07) is 8.83. The van der Waals surface area contributed by atoms with Gasteiger partial charge in [-0.2, -0.15) is 0 Å². The molecular weight excluding hydrogens is 436 g/mol. The lowest BCUT2D eigenvalue weighted by Gasteiger charge is -2.08. The van der Waals surface area contributed by atoms with Crippen LogP contribution in [0.25, 0.3) is 0 Å². The minimum atomic E-state index is -0.359. The quantitative estimate of drug-likeness (QED) is 0.182. The van der Waals surface area contributed by atoms with Crippen molar-refractivity contribution in [3.05, 3.63) is 35.9 Å². The van der Waals surface area contributed by atoms with Crippen LogP contribution in [0.2, 0.25) is 0 Å². The van der Waals surface area contributed by atoms with Crippen LogP contribution in [0, 0.1) is 0 Å². The Morgan fingerprint density at radius 1 is 0.576 bits per heavy atom. The number of methoxy groups -OCH3 is 1. The SMILES string of the molecule is COC(=O)CCOCCOCCOCCOCCOCCOCCOC(=O)c1ccccc1. The fourth-order valence-corrected chi connectivity index (χ4v) is 2.31. The van der Waals surface area contributed by atoms with E-state index in [0.29, 0.717) is 84.8 Å². The van der Waals surface area contributed by atoms with E-state index in [4.69, 9.17) is 33.2 Å². The summed E-state index contributed by atoms with van der Waals surface area (Å²) in [7, 11) is 1.35. The largest absolute Gasteiger partial charge is 0.469 e. The summed E-state index contributed by atoms with van der Waals surface area (Å²) < 4.78 is 41.7. The maximum Gasteiger partial charge on any atom is 0.338 e. The van der Waals surface area contributed by atoms with E-state index in [1.807, 2.05) is 6.07 Å². The highest BCUT2D eigenvalue weighted by Gasteiger charge is 2.05. The summed E-state index contributed by atoms with van der Waals surface area (Å²) in [6.07, 6.45) is 0.243. The molecule has 0 amide bonds. The summed E-state index contributed by atoms with van der Waals surface area (Å²) in [4.78, 5) is 22.6. The van der Waals surface area contributed by atoms with Crippen LogP contribution in [0.5, 0.6) is 0 Å². The van der Waals surface area contributed by atoms with Crippen molar-refractivity contribution in [1.82, 2.24) is 0 Å². The van der Waals surface area contributed by atoms with E-state index in [1.165, 1.54) is 7.11 Å². The smallest absolute Gasteiger partial charge is 0.338 e. The molecule has 1 rings (SSSR count). The van der Waals surface area contributed by atoms with Crippen LogP contribution in [-0.4, -0.2) is 105 Å². The molecule has 0 aromatic heterocycles. The predicted octanol–water partition coefficient (Wildman–Crippen LogP) is 1.51. The van der Waals surface area contributed by atoms with E-state index in [1.54, 1.807) is 24.3 Å². The highest BCUT2D eigenvalue weighted by Crippen LogP contribution is 2.00. The molecule has 0 saturated heterocycles. The van der Waals surface area contributed by atoms with Crippen LogP contribution in [-0.2, 0) is 42.7 Å². The molecule has 0 fully saturated rings. The highest BCUT2D eigenvalue weighted by molar-refractivity contribution is 5.89. The Morgan fingerprint density at radius 2 is 0.970 bits per heavy atom. The van der Waals surface area contributed by atoms with Gasteiger partial charge in [-0.15, -0.1) is 0 Å². The molecule has 0 spiro atoms. The lowest BCUT2D eigenvalue weighted by Crippen LogP contribution is -2.15. The third-order valence-corrected chi connectivity index (χ3v) is 4.01. The second-order valence-corrected chi connectivity index (χ2v) is 6.50. The van der Waals surface area contributed by atoms with Gasteiger partial charge in [0.15, 0.2) is 0 Å². The number of ether oxygens (including phenoxy) is 8. The summed E-state index contributed by atoms with van der Waals surface area (Å²) >= 11 is 0. The zero-order chi connectivity index (χ0) is 23.8. The lowest BCUT2D eigenvalue weighted by atomic mass is 10.2. The zero-order valence-corrected chi connectivity index (χ0v) is 19.4. The molecule has 10 nitrogen and oxygen atoms in total. The normalized spacial score (nSPS) is 10.8. The third kappa shape index (κ3) is 18.1. The van der Waals surface area contributed by atoms with Crippen molar-refractivity contribution in [2.45, 2.75) is 6.42 Å². The van der Waals surface area contributed by atoms with Gasteiger partial charge in [-0.05, 0) is 12.1 Å². The third-order valence-electron chi connectivity index (χ3n) is 4.01. The molecule has 0 heterocycles. The van der Waals surface area contributed by atoms with Crippen molar-refractivity contribution in [2.75, 3.05) is 93.0 Å². The first-order chi connectivity index (χ1) is 16.2. The van der Waals surface area contributed by atoms with Crippen molar-refractivity contribution in [1.29, 1.82) is 0 Å². The number of carbonyl (C=O) groups excluding carboxylic acids is 2. The topological polar surface area (TPSA) is 108 Å². The average Bonchev–Trinajstić information content (AvgIpc) is 2.85. The van der Waals surface area contributed by atoms with Crippen molar-refractivity contribution in [3.63, 3.8) is 0 Å². The molecule has 33 heavy (non-hydrogen) atoms. The van der Waals surface area contributed by atoms with E-state index in [9.17, 15) is 9.59 Å². The van der Waals surface area contributed by atoms with E-state index in [0.717, 1.165) is 0 Å². The number of benzene rings is 1. The first-order valence-corrected chi connectivity index (χ1v) is 11.0. The Hall–Kier alpha value is -2.08. The Bertz CT molecular complexity index is 596. The van der Waals surface area contributed by atoms with Gasteiger partial charge in [-0.3, -0.25) is 4.79 Å². The van der Waals surface area contributed by atoms with Crippen molar-refractivity contribution in [2.24, 2.45) is 0 Å². The molecule has 0 aliphatic carbocycles. The van der Waals surface area contributed by atoms with Crippen LogP contribution >= 0.6 is 0 Å². The number of carbonyl (C=O) groups is 2. The summed E-state index contributed by atoms with van der Waals surface area (Å²) in [5, 5.41) is 0. The van der Waals surface area contributed by atoms with Crippen LogP contribution in [0.3, 0.4) is 0 Å². The van der Waals surface area contributed by atoms with Gasteiger partial charge >= 0.3 is 11.9 Å². The molecule has 0 atom stereocenters. The van der Waals surface area contributed by atoms with Crippen molar-refractivity contribution >= 4 is 11.9 Å². The molecule has 0 aliphatic rings. The van der Waals surface area contributed by atoms with E-state index in [2.05, 4.69) is 4.74 Å².